The Labute approximate surface area is 168 Å². The summed E-state index contributed by atoms with van der Waals surface area (Å²) in [7, 11) is 1.70. The smallest absolute Gasteiger partial charge is 0.255 e. The van der Waals surface area contributed by atoms with Crippen molar-refractivity contribution in [1.29, 1.82) is 0 Å². The van der Waals surface area contributed by atoms with Gasteiger partial charge in [-0.2, -0.15) is 0 Å². The summed E-state index contributed by atoms with van der Waals surface area (Å²) in [5.41, 5.74) is 2.07. The van der Waals surface area contributed by atoms with Crippen LogP contribution in [0, 0.1) is 5.82 Å². The molecular formula is C20H20ClFN4O2. The minimum absolute atomic E-state index is 0. The zero-order valence-electron chi connectivity index (χ0n) is 15.3. The van der Waals surface area contributed by atoms with E-state index in [4.69, 9.17) is 9.72 Å². The van der Waals surface area contributed by atoms with Gasteiger partial charge in [-0.15, -0.1) is 12.4 Å². The highest BCUT2D eigenvalue weighted by Gasteiger charge is 2.25. The van der Waals surface area contributed by atoms with Gasteiger partial charge in [-0.3, -0.25) is 14.3 Å². The van der Waals surface area contributed by atoms with Crippen LogP contribution in [-0.2, 0) is 11.8 Å². The highest BCUT2D eigenvalue weighted by atomic mass is 35.5. The van der Waals surface area contributed by atoms with Crippen molar-refractivity contribution in [3.05, 3.63) is 76.6 Å². The number of halogens is 2. The van der Waals surface area contributed by atoms with Crippen LogP contribution in [0.4, 0.5) is 10.3 Å². The quantitative estimate of drug-likeness (QED) is 0.674. The van der Waals surface area contributed by atoms with Crippen molar-refractivity contribution in [2.45, 2.75) is 6.10 Å². The molecule has 0 radical (unpaired) electrons. The van der Waals surface area contributed by atoms with E-state index in [2.05, 4.69) is 4.98 Å². The van der Waals surface area contributed by atoms with Crippen LogP contribution < -0.4 is 10.5 Å². The van der Waals surface area contributed by atoms with Crippen LogP contribution in [0.2, 0.25) is 0 Å². The first-order chi connectivity index (χ1) is 13.1. The summed E-state index contributed by atoms with van der Waals surface area (Å²) in [6, 6.07) is 11.6. The molecule has 4 rings (SSSR count). The molecule has 0 N–H and O–H groups in total. The third kappa shape index (κ3) is 4.05. The number of hydrogen-bond donors (Lipinski definition) is 0. The normalized spacial score (nSPS) is 16.5. The summed E-state index contributed by atoms with van der Waals surface area (Å²) in [6.07, 6.45) is 3.06. The van der Waals surface area contributed by atoms with Gasteiger partial charge < -0.3 is 9.64 Å². The molecule has 6 nitrogen and oxygen atoms in total. The number of hydrogen-bond acceptors (Lipinski definition) is 5. The summed E-state index contributed by atoms with van der Waals surface area (Å²) in [4.78, 5) is 23.2. The minimum atomic E-state index is -0.293. The molecule has 0 aliphatic carbocycles. The second kappa shape index (κ2) is 8.50. The lowest BCUT2D eigenvalue weighted by atomic mass is 10.1. The highest BCUT2D eigenvalue weighted by Crippen LogP contribution is 2.26. The maximum atomic E-state index is 13.6. The van der Waals surface area contributed by atoms with Crippen LogP contribution in [0.1, 0.15) is 11.7 Å². The largest absolute Gasteiger partial charge is 0.370 e. The zero-order chi connectivity index (χ0) is 18.8. The molecule has 1 atom stereocenters. The van der Waals surface area contributed by atoms with Crippen molar-refractivity contribution < 1.29 is 9.13 Å². The predicted octanol–water partition coefficient (Wildman–Crippen LogP) is 2.98. The lowest BCUT2D eigenvalue weighted by molar-refractivity contribution is 0.0388. The van der Waals surface area contributed by atoms with E-state index in [0.717, 1.165) is 11.1 Å². The monoisotopic (exact) mass is 402 g/mol. The van der Waals surface area contributed by atoms with Crippen molar-refractivity contribution in [2.24, 2.45) is 7.05 Å². The van der Waals surface area contributed by atoms with Crippen LogP contribution in [0.3, 0.4) is 0 Å². The van der Waals surface area contributed by atoms with E-state index in [0.29, 0.717) is 31.3 Å². The molecule has 0 amide bonds. The van der Waals surface area contributed by atoms with Gasteiger partial charge in [0.25, 0.3) is 5.56 Å². The van der Waals surface area contributed by atoms with Gasteiger partial charge in [0.15, 0.2) is 0 Å². The van der Waals surface area contributed by atoms with Gasteiger partial charge in [-0.25, -0.2) is 9.37 Å². The van der Waals surface area contributed by atoms with Gasteiger partial charge in [-0.05, 0) is 29.8 Å². The molecule has 2 aromatic heterocycles. The number of anilines is 1. The zero-order valence-corrected chi connectivity index (χ0v) is 16.1. The Morgan fingerprint density at radius 2 is 1.96 bits per heavy atom. The van der Waals surface area contributed by atoms with Crippen LogP contribution in [0.15, 0.2) is 59.7 Å². The average molecular weight is 403 g/mol. The fourth-order valence-corrected chi connectivity index (χ4v) is 3.22. The number of nitrogens with zero attached hydrogens (tertiary/aromatic N) is 4. The van der Waals surface area contributed by atoms with E-state index in [1.54, 1.807) is 25.5 Å². The molecule has 8 heteroatoms. The van der Waals surface area contributed by atoms with Crippen molar-refractivity contribution >= 4 is 18.4 Å². The number of morpholine rings is 1. The van der Waals surface area contributed by atoms with Gasteiger partial charge in [0.2, 0.25) is 5.95 Å². The van der Waals surface area contributed by atoms with E-state index >= 15 is 0 Å². The Balaban J connectivity index is 0.00000225. The second-order valence-corrected chi connectivity index (χ2v) is 6.43. The molecule has 1 saturated heterocycles. The molecule has 0 spiro atoms. The van der Waals surface area contributed by atoms with Crippen molar-refractivity contribution in [2.75, 3.05) is 24.6 Å². The van der Waals surface area contributed by atoms with Crippen LogP contribution in [0.25, 0.3) is 11.3 Å². The molecule has 3 heterocycles. The Morgan fingerprint density at radius 3 is 2.71 bits per heavy atom. The van der Waals surface area contributed by atoms with Gasteiger partial charge in [0.1, 0.15) is 11.9 Å². The molecule has 146 valence electrons. The van der Waals surface area contributed by atoms with Crippen LogP contribution in [-0.4, -0.2) is 34.2 Å². The highest BCUT2D eigenvalue weighted by molar-refractivity contribution is 5.85. The molecule has 1 unspecified atom stereocenters. The molecule has 3 aromatic rings. The summed E-state index contributed by atoms with van der Waals surface area (Å²) in [5, 5.41) is 0. The summed E-state index contributed by atoms with van der Waals surface area (Å²) in [5.74, 6) is 0.275. The third-order valence-electron chi connectivity index (χ3n) is 4.66. The molecular weight excluding hydrogens is 383 g/mol. The minimum Gasteiger partial charge on any atom is -0.370 e. The number of aromatic nitrogens is 3. The Bertz CT molecular complexity index is 1010. The maximum absolute atomic E-state index is 13.6. The molecule has 1 aliphatic rings. The summed E-state index contributed by atoms with van der Waals surface area (Å²) >= 11 is 0. The Kier molecular flexibility index (Phi) is 6.06. The van der Waals surface area contributed by atoms with Gasteiger partial charge >= 0.3 is 0 Å². The lowest BCUT2D eigenvalue weighted by Gasteiger charge is -2.34. The molecule has 1 aliphatic heterocycles. The number of ether oxygens (including phenoxy) is 1. The standard InChI is InChI=1S/C20H19FN4O2.ClH/c1-24-19(26)12-17(14-5-7-22-8-6-14)23-20(24)25-9-10-27-18(13-25)15-3-2-4-16(21)11-15;/h2-8,11-12,18H,9-10,13H2,1H3;1H. The van der Waals surface area contributed by atoms with Crippen molar-refractivity contribution in [1.82, 2.24) is 14.5 Å². The van der Waals surface area contributed by atoms with Gasteiger partial charge in [-0.1, -0.05) is 12.1 Å². The fraction of sp³-hybridized carbons (Fsp3) is 0.250. The van der Waals surface area contributed by atoms with E-state index in [-0.39, 0.29) is 29.9 Å². The van der Waals surface area contributed by atoms with Crippen LogP contribution >= 0.6 is 12.4 Å². The molecule has 1 aromatic carbocycles. The Morgan fingerprint density at radius 1 is 1.18 bits per heavy atom. The van der Waals surface area contributed by atoms with Crippen LogP contribution in [0.5, 0.6) is 0 Å². The van der Waals surface area contributed by atoms with Gasteiger partial charge in [0.05, 0.1) is 18.8 Å². The van der Waals surface area contributed by atoms with E-state index in [9.17, 15) is 9.18 Å². The summed E-state index contributed by atoms with van der Waals surface area (Å²) < 4.78 is 20.9. The van der Waals surface area contributed by atoms with Crippen molar-refractivity contribution in [3.63, 3.8) is 0 Å². The second-order valence-electron chi connectivity index (χ2n) is 6.43. The first-order valence-electron chi connectivity index (χ1n) is 8.72. The molecule has 1 fully saturated rings. The molecule has 0 bridgehead atoms. The fourth-order valence-electron chi connectivity index (χ4n) is 3.22. The first-order valence-corrected chi connectivity index (χ1v) is 8.72. The molecule has 28 heavy (non-hydrogen) atoms. The maximum Gasteiger partial charge on any atom is 0.255 e. The lowest BCUT2D eigenvalue weighted by Crippen LogP contribution is -2.41. The number of pyridine rings is 1. The topological polar surface area (TPSA) is 60.2 Å². The SMILES string of the molecule is Cl.Cn1c(N2CCOC(c3cccc(F)c3)C2)nc(-c2ccncc2)cc1=O. The van der Waals surface area contributed by atoms with Gasteiger partial charge in [0, 0.05) is 37.6 Å². The summed E-state index contributed by atoms with van der Waals surface area (Å²) in [6.45, 7) is 1.56. The average Bonchev–Trinajstić information content (AvgIpc) is 2.71. The first kappa shape index (κ1) is 20.0. The molecule has 0 saturated carbocycles. The third-order valence-corrected chi connectivity index (χ3v) is 4.66. The van der Waals surface area contributed by atoms with E-state index in [1.165, 1.54) is 22.8 Å². The van der Waals surface area contributed by atoms with E-state index in [1.807, 2.05) is 23.1 Å². The predicted molar refractivity (Wildman–Crippen MR) is 107 cm³/mol. The Hall–Kier alpha value is -2.77. The van der Waals surface area contributed by atoms with E-state index < -0.39 is 0 Å². The van der Waals surface area contributed by atoms with Crippen molar-refractivity contribution in [3.8, 4) is 11.3 Å². The number of rotatable bonds is 3. The number of benzene rings is 1.